The van der Waals surface area contributed by atoms with E-state index in [0.717, 1.165) is 34.0 Å². The van der Waals surface area contributed by atoms with E-state index in [-0.39, 0.29) is 5.41 Å². The van der Waals surface area contributed by atoms with Crippen molar-refractivity contribution in [3.8, 4) is 11.8 Å². The average Bonchev–Trinajstić information content (AvgIpc) is 3.08. The first kappa shape index (κ1) is 12.9. The molecule has 0 aliphatic heterocycles. The Morgan fingerprint density at radius 2 is 2.18 bits per heavy atom. The molecule has 0 N–H and O–H groups in total. The number of benzene rings is 1. The van der Waals surface area contributed by atoms with Crippen molar-refractivity contribution in [2.75, 3.05) is 6.61 Å². The third kappa shape index (κ3) is 3.23. The molecule has 2 nitrogen and oxygen atoms in total. The van der Waals surface area contributed by atoms with E-state index >= 15 is 0 Å². The fourth-order valence-electron chi connectivity index (χ4n) is 1.74. The molecule has 0 spiro atoms. The molecule has 1 fully saturated rings. The van der Waals surface area contributed by atoms with Crippen LogP contribution >= 0.6 is 31.9 Å². The van der Waals surface area contributed by atoms with Gasteiger partial charge in [0, 0.05) is 27.2 Å². The van der Waals surface area contributed by atoms with Gasteiger partial charge in [-0.1, -0.05) is 31.9 Å². The number of nitrogens with zero attached hydrogens (tertiary/aromatic N) is 1. The molecule has 0 radical (unpaired) electrons. The molecular formula is C13H13Br2NO. The Morgan fingerprint density at radius 3 is 2.76 bits per heavy atom. The van der Waals surface area contributed by atoms with E-state index in [1.165, 1.54) is 0 Å². The minimum absolute atomic E-state index is 0.130. The van der Waals surface area contributed by atoms with Crippen LogP contribution in [-0.4, -0.2) is 6.61 Å². The van der Waals surface area contributed by atoms with Gasteiger partial charge in [0.1, 0.15) is 5.75 Å². The summed E-state index contributed by atoms with van der Waals surface area (Å²) in [6, 6.07) is 8.25. The largest absolute Gasteiger partial charge is 0.493 e. The lowest BCUT2D eigenvalue weighted by Gasteiger charge is -2.15. The number of hydrogen-bond donors (Lipinski definition) is 0. The SMILES string of the molecule is N#CCC1(COc2ccc(Br)cc2CBr)CC1. The lowest BCUT2D eigenvalue weighted by atomic mass is 10.1. The zero-order chi connectivity index (χ0) is 12.3. The summed E-state index contributed by atoms with van der Waals surface area (Å²) in [4.78, 5) is 0. The highest BCUT2D eigenvalue weighted by Gasteiger charge is 2.43. The smallest absolute Gasteiger partial charge is 0.123 e. The maximum atomic E-state index is 8.76. The molecule has 1 aromatic carbocycles. The number of alkyl halides is 1. The number of hydrogen-bond acceptors (Lipinski definition) is 2. The quantitative estimate of drug-likeness (QED) is 0.730. The molecular weight excluding hydrogens is 346 g/mol. The van der Waals surface area contributed by atoms with Gasteiger partial charge in [-0.25, -0.2) is 0 Å². The molecule has 0 amide bonds. The predicted molar refractivity (Wildman–Crippen MR) is 74.2 cm³/mol. The molecule has 1 aliphatic rings. The fraction of sp³-hybridized carbons (Fsp3) is 0.462. The highest BCUT2D eigenvalue weighted by molar-refractivity contribution is 9.10. The van der Waals surface area contributed by atoms with Crippen molar-refractivity contribution in [1.82, 2.24) is 0 Å². The molecule has 1 aliphatic carbocycles. The standard InChI is InChI=1S/C13H13Br2NO/c14-8-10-7-11(15)1-2-12(10)17-9-13(3-4-13)5-6-16/h1-2,7H,3-5,8-9H2. The zero-order valence-corrected chi connectivity index (χ0v) is 12.6. The van der Waals surface area contributed by atoms with Crippen LogP contribution in [0, 0.1) is 16.7 Å². The first-order chi connectivity index (χ1) is 8.19. The Labute approximate surface area is 118 Å². The van der Waals surface area contributed by atoms with Crippen LogP contribution < -0.4 is 4.74 Å². The summed E-state index contributed by atoms with van der Waals surface area (Å²) in [5.41, 5.74) is 1.26. The van der Waals surface area contributed by atoms with Crippen molar-refractivity contribution in [1.29, 1.82) is 5.26 Å². The molecule has 90 valence electrons. The summed E-state index contributed by atoms with van der Waals surface area (Å²) in [6.07, 6.45) is 2.83. The maximum absolute atomic E-state index is 8.76. The first-order valence-corrected chi connectivity index (χ1v) is 7.45. The van der Waals surface area contributed by atoms with Crippen molar-refractivity contribution in [2.24, 2.45) is 5.41 Å². The zero-order valence-electron chi connectivity index (χ0n) is 9.38. The minimum atomic E-state index is 0.130. The van der Waals surface area contributed by atoms with Crippen LogP contribution in [0.2, 0.25) is 0 Å². The van der Waals surface area contributed by atoms with Crippen LogP contribution in [0.25, 0.3) is 0 Å². The van der Waals surface area contributed by atoms with Crippen LogP contribution in [0.4, 0.5) is 0 Å². The Kier molecular flexibility index (Phi) is 4.11. The Bertz CT molecular complexity index is 449. The van der Waals surface area contributed by atoms with E-state index in [1.807, 2.05) is 18.2 Å². The second-order valence-electron chi connectivity index (χ2n) is 4.51. The summed E-state index contributed by atoms with van der Waals surface area (Å²) in [6.45, 7) is 0.655. The summed E-state index contributed by atoms with van der Waals surface area (Å²) >= 11 is 6.90. The van der Waals surface area contributed by atoms with Gasteiger partial charge in [0.15, 0.2) is 0 Å². The monoisotopic (exact) mass is 357 g/mol. The van der Waals surface area contributed by atoms with E-state index in [9.17, 15) is 0 Å². The number of nitriles is 1. The summed E-state index contributed by atoms with van der Waals surface area (Å²) in [5.74, 6) is 0.911. The second-order valence-corrected chi connectivity index (χ2v) is 5.99. The molecule has 0 aromatic heterocycles. The summed E-state index contributed by atoms with van der Waals surface area (Å²) < 4.78 is 6.91. The molecule has 17 heavy (non-hydrogen) atoms. The average molecular weight is 359 g/mol. The van der Waals surface area contributed by atoms with E-state index in [0.29, 0.717) is 13.0 Å². The first-order valence-electron chi connectivity index (χ1n) is 5.53. The van der Waals surface area contributed by atoms with Gasteiger partial charge in [0.25, 0.3) is 0 Å². The highest BCUT2D eigenvalue weighted by Crippen LogP contribution is 2.48. The third-order valence-corrected chi connectivity index (χ3v) is 4.21. The molecule has 2 rings (SSSR count). The number of ether oxygens (including phenoxy) is 1. The van der Waals surface area contributed by atoms with Gasteiger partial charge in [-0.15, -0.1) is 0 Å². The van der Waals surface area contributed by atoms with Gasteiger partial charge in [0.05, 0.1) is 12.7 Å². The highest BCUT2D eigenvalue weighted by atomic mass is 79.9. The molecule has 0 heterocycles. The van der Waals surface area contributed by atoms with E-state index in [2.05, 4.69) is 37.9 Å². The lowest BCUT2D eigenvalue weighted by Crippen LogP contribution is -2.13. The lowest BCUT2D eigenvalue weighted by molar-refractivity contribution is 0.235. The van der Waals surface area contributed by atoms with Crippen molar-refractivity contribution >= 4 is 31.9 Å². The summed E-state index contributed by atoms with van der Waals surface area (Å²) in [7, 11) is 0. The maximum Gasteiger partial charge on any atom is 0.123 e. The molecule has 4 heteroatoms. The number of halogens is 2. The minimum Gasteiger partial charge on any atom is -0.493 e. The van der Waals surface area contributed by atoms with E-state index in [1.54, 1.807) is 0 Å². The Balaban J connectivity index is 2.02. The molecule has 0 bridgehead atoms. The Hall–Kier alpha value is -0.530. The molecule has 1 aromatic rings. The molecule has 1 saturated carbocycles. The molecule has 0 saturated heterocycles. The van der Waals surface area contributed by atoms with Gasteiger partial charge >= 0.3 is 0 Å². The third-order valence-electron chi connectivity index (χ3n) is 3.11. The van der Waals surface area contributed by atoms with Crippen LogP contribution in [0.1, 0.15) is 24.8 Å². The van der Waals surface area contributed by atoms with Gasteiger partial charge < -0.3 is 4.74 Å². The van der Waals surface area contributed by atoms with Crippen LogP contribution in [0.15, 0.2) is 22.7 Å². The molecule has 0 unspecified atom stereocenters. The second kappa shape index (κ2) is 5.41. The summed E-state index contributed by atoms with van der Waals surface area (Å²) in [5, 5.41) is 9.53. The van der Waals surface area contributed by atoms with Crippen LogP contribution in [0.3, 0.4) is 0 Å². The van der Waals surface area contributed by atoms with Gasteiger partial charge in [-0.05, 0) is 31.0 Å². The van der Waals surface area contributed by atoms with Crippen LogP contribution in [-0.2, 0) is 5.33 Å². The van der Waals surface area contributed by atoms with Crippen molar-refractivity contribution < 1.29 is 4.74 Å². The Morgan fingerprint density at radius 1 is 1.41 bits per heavy atom. The van der Waals surface area contributed by atoms with Gasteiger partial charge in [0.2, 0.25) is 0 Å². The van der Waals surface area contributed by atoms with Crippen molar-refractivity contribution in [2.45, 2.75) is 24.6 Å². The van der Waals surface area contributed by atoms with E-state index < -0.39 is 0 Å². The van der Waals surface area contributed by atoms with Crippen LogP contribution in [0.5, 0.6) is 5.75 Å². The fourth-order valence-corrected chi connectivity index (χ4v) is 2.59. The predicted octanol–water partition coefficient (Wildman–Crippen LogP) is 4.42. The topological polar surface area (TPSA) is 33.0 Å². The van der Waals surface area contributed by atoms with E-state index in [4.69, 9.17) is 10.00 Å². The van der Waals surface area contributed by atoms with Gasteiger partial charge in [-0.3, -0.25) is 0 Å². The molecule has 0 atom stereocenters. The van der Waals surface area contributed by atoms with Crippen molar-refractivity contribution in [3.63, 3.8) is 0 Å². The number of rotatable bonds is 5. The van der Waals surface area contributed by atoms with Crippen molar-refractivity contribution in [3.05, 3.63) is 28.2 Å². The normalized spacial score (nSPS) is 16.3. The van der Waals surface area contributed by atoms with Gasteiger partial charge in [-0.2, -0.15) is 5.26 Å².